The van der Waals surface area contributed by atoms with Crippen LogP contribution in [0, 0.1) is 0 Å². The Morgan fingerprint density at radius 3 is 2.56 bits per heavy atom. The smallest absolute Gasteiger partial charge is 0.228 e. The van der Waals surface area contributed by atoms with E-state index in [0.29, 0.717) is 6.42 Å². The van der Waals surface area contributed by atoms with Gasteiger partial charge in [-0.25, -0.2) is 0 Å². The molecule has 2 aromatic rings. The van der Waals surface area contributed by atoms with E-state index in [4.69, 9.17) is 0 Å². The molecule has 0 spiro atoms. The standard InChI is InChI=1S/C15H18N2O/c1-3-17(4-2)15(18)11-13-10-9-12-7-5-6-8-14(12)16-13/h5-10H,3-4,11H2,1-2H3. The third-order valence-corrected chi connectivity index (χ3v) is 3.10. The maximum Gasteiger partial charge on any atom is 0.228 e. The topological polar surface area (TPSA) is 33.2 Å². The van der Waals surface area contributed by atoms with Crippen molar-refractivity contribution >= 4 is 16.8 Å². The lowest BCUT2D eigenvalue weighted by molar-refractivity contribution is -0.130. The number of fused-ring (bicyclic) bond motifs is 1. The summed E-state index contributed by atoms with van der Waals surface area (Å²) >= 11 is 0. The van der Waals surface area contributed by atoms with Gasteiger partial charge in [0.25, 0.3) is 0 Å². The number of hydrogen-bond acceptors (Lipinski definition) is 2. The highest BCUT2D eigenvalue weighted by Crippen LogP contribution is 2.12. The van der Waals surface area contributed by atoms with E-state index in [-0.39, 0.29) is 5.91 Å². The van der Waals surface area contributed by atoms with Gasteiger partial charge in [-0.05, 0) is 26.0 Å². The third kappa shape index (κ3) is 2.67. The Kier molecular flexibility index (Phi) is 3.92. The quantitative estimate of drug-likeness (QED) is 0.825. The van der Waals surface area contributed by atoms with E-state index in [0.717, 1.165) is 29.7 Å². The first-order valence-corrected chi connectivity index (χ1v) is 6.37. The van der Waals surface area contributed by atoms with Crippen LogP contribution in [-0.4, -0.2) is 28.9 Å². The number of aromatic nitrogens is 1. The fraction of sp³-hybridized carbons (Fsp3) is 0.333. The Labute approximate surface area is 107 Å². The predicted octanol–water partition coefficient (Wildman–Crippen LogP) is 2.65. The van der Waals surface area contributed by atoms with Crippen molar-refractivity contribution in [2.24, 2.45) is 0 Å². The molecule has 0 bridgehead atoms. The molecule has 0 unspecified atom stereocenters. The molecule has 18 heavy (non-hydrogen) atoms. The number of benzene rings is 1. The van der Waals surface area contributed by atoms with Crippen LogP contribution in [0.4, 0.5) is 0 Å². The molecule has 0 saturated heterocycles. The van der Waals surface area contributed by atoms with Gasteiger partial charge in [0.15, 0.2) is 0 Å². The molecule has 0 saturated carbocycles. The summed E-state index contributed by atoms with van der Waals surface area (Å²) < 4.78 is 0. The summed E-state index contributed by atoms with van der Waals surface area (Å²) in [5.74, 6) is 0.141. The Bertz CT molecular complexity index is 547. The lowest BCUT2D eigenvalue weighted by atomic mass is 10.1. The summed E-state index contributed by atoms with van der Waals surface area (Å²) in [5.41, 5.74) is 1.79. The van der Waals surface area contributed by atoms with Gasteiger partial charge in [0.2, 0.25) is 5.91 Å². The molecule has 3 heteroatoms. The van der Waals surface area contributed by atoms with Gasteiger partial charge in [-0.2, -0.15) is 0 Å². The van der Waals surface area contributed by atoms with Gasteiger partial charge in [0.05, 0.1) is 17.6 Å². The summed E-state index contributed by atoms with van der Waals surface area (Å²) in [6, 6.07) is 11.9. The molecule has 0 aliphatic rings. The van der Waals surface area contributed by atoms with Crippen LogP contribution in [0.5, 0.6) is 0 Å². The third-order valence-electron chi connectivity index (χ3n) is 3.10. The first-order valence-electron chi connectivity index (χ1n) is 6.37. The molecular formula is C15H18N2O. The van der Waals surface area contributed by atoms with Crippen molar-refractivity contribution < 1.29 is 4.79 Å². The second kappa shape index (κ2) is 5.63. The lowest BCUT2D eigenvalue weighted by Gasteiger charge is -2.18. The van der Waals surface area contributed by atoms with Crippen LogP contribution in [0.3, 0.4) is 0 Å². The zero-order valence-corrected chi connectivity index (χ0v) is 10.9. The van der Waals surface area contributed by atoms with Crippen LogP contribution in [0.2, 0.25) is 0 Å². The Hall–Kier alpha value is -1.90. The second-order valence-corrected chi connectivity index (χ2v) is 4.24. The first-order chi connectivity index (χ1) is 8.74. The minimum Gasteiger partial charge on any atom is -0.343 e. The maximum absolute atomic E-state index is 12.0. The van der Waals surface area contributed by atoms with Crippen molar-refractivity contribution in [3.8, 4) is 0 Å². The number of amides is 1. The molecular weight excluding hydrogens is 224 g/mol. The van der Waals surface area contributed by atoms with Gasteiger partial charge in [-0.15, -0.1) is 0 Å². The Balaban J connectivity index is 2.19. The minimum absolute atomic E-state index is 0.141. The van der Waals surface area contributed by atoms with Crippen molar-refractivity contribution in [2.75, 3.05) is 13.1 Å². The highest BCUT2D eigenvalue weighted by molar-refractivity contribution is 5.81. The first kappa shape index (κ1) is 12.6. The molecule has 0 aliphatic heterocycles. The van der Waals surface area contributed by atoms with Gasteiger partial charge in [0, 0.05) is 18.5 Å². The normalized spacial score (nSPS) is 10.6. The van der Waals surface area contributed by atoms with Gasteiger partial charge < -0.3 is 4.90 Å². The van der Waals surface area contributed by atoms with E-state index in [9.17, 15) is 4.79 Å². The molecule has 1 aromatic carbocycles. The van der Waals surface area contributed by atoms with E-state index >= 15 is 0 Å². The number of hydrogen-bond donors (Lipinski definition) is 0. The Morgan fingerprint density at radius 1 is 1.11 bits per heavy atom. The maximum atomic E-state index is 12.0. The molecule has 3 nitrogen and oxygen atoms in total. The van der Waals surface area contributed by atoms with Gasteiger partial charge >= 0.3 is 0 Å². The summed E-state index contributed by atoms with van der Waals surface area (Å²) in [4.78, 5) is 18.3. The van der Waals surface area contributed by atoms with Crippen LogP contribution in [0.1, 0.15) is 19.5 Å². The Morgan fingerprint density at radius 2 is 1.83 bits per heavy atom. The fourth-order valence-electron chi connectivity index (χ4n) is 2.05. The fourth-order valence-corrected chi connectivity index (χ4v) is 2.05. The average Bonchev–Trinajstić information content (AvgIpc) is 2.40. The highest BCUT2D eigenvalue weighted by atomic mass is 16.2. The minimum atomic E-state index is 0.141. The summed E-state index contributed by atoms with van der Waals surface area (Å²) in [7, 11) is 0. The molecule has 94 valence electrons. The number of nitrogens with zero attached hydrogens (tertiary/aromatic N) is 2. The number of carbonyl (C=O) groups is 1. The molecule has 0 atom stereocenters. The summed E-state index contributed by atoms with van der Waals surface area (Å²) in [5, 5.41) is 1.11. The molecule has 1 amide bonds. The van der Waals surface area contributed by atoms with E-state index in [2.05, 4.69) is 4.98 Å². The molecule has 1 aromatic heterocycles. The molecule has 0 aliphatic carbocycles. The highest BCUT2D eigenvalue weighted by Gasteiger charge is 2.11. The van der Waals surface area contributed by atoms with Gasteiger partial charge in [-0.1, -0.05) is 24.3 Å². The number of para-hydroxylation sites is 1. The molecule has 2 rings (SSSR count). The van der Waals surface area contributed by atoms with Crippen molar-refractivity contribution in [1.29, 1.82) is 0 Å². The van der Waals surface area contributed by atoms with Crippen LogP contribution in [0.25, 0.3) is 10.9 Å². The van der Waals surface area contributed by atoms with E-state index in [1.165, 1.54) is 0 Å². The number of pyridine rings is 1. The van der Waals surface area contributed by atoms with Crippen molar-refractivity contribution in [1.82, 2.24) is 9.88 Å². The number of rotatable bonds is 4. The van der Waals surface area contributed by atoms with Crippen LogP contribution in [-0.2, 0) is 11.2 Å². The van der Waals surface area contributed by atoms with Crippen LogP contribution >= 0.6 is 0 Å². The molecule has 0 fully saturated rings. The zero-order valence-electron chi connectivity index (χ0n) is 10.9. The van der Waals surface area contributed by atoms with Gasteiger partial charge in [0.1, 0.15) is 0 Å². The lowest BCUT2D eigenvalue weighted by Crippen LogP contribution is -2.31. The molecule has 0 N–H and O–H groups in total. The van der Waals surface area contributed by atoms with Gasteiger partial charge in [-0.3, -0.25) is 9.78 Å². The van der Waals surface area contributed by atoms with E-state index in [1.54, 1.807) is 0 Å². The number of likely N-dealkylation sites (N-methyl/N-ethyl adjacent to an activating group) is 1. The SMILES string of the molecule is CCN(CC)C(=O)Cc1ccc2ccccc2n1. The van der Waals surface area contributed by atoms with E-state index < -0.39 is 0 Å². The molecule has 0 radical (unpaired) electrons. The predicted molar refractivity (Wildman–Crippen MR) is 73.4 cm³/mol. The zero-order chi connectivity index (χ0) is 13.0. The largest absolute Gasteiger partial charge is 0.343 e. The molecule has 1 heterocycles. The summed E-state index contributed by atoms with van der Waals surface area (Å²) in [6.45, 7) is 5.50. The van der Waals surface area contributed by atoms with Crippen molar-refractivity contribution in [3.63, 3.8) is 0 Å². The number of carbonyl (C=O) groups excluding carboxylic acids is 1. The summed E-state index contributed by atoms with van der Waals surface area (Å²) in [6.07, 6.45) is 0.381. The van der Waals surface area contributed by atoms with Crippen LogP contribution < -0.4 is 0 Å². The second-order valence-electron chi connectivity index (χ2n) is 4.24. The monoisotopic (exact) mass is 242 g/mol. The average molecular weight is 242 g/mol. The van der Waals surface area contributed by atoms with Crippen LogP contribution in [0.15, 0.2) is 36.4 Å². The van der Waals surface area contributed by atoms with Crippen molar-refractivity contribution in [3.05, 3.63) is 42.1 Å². The van der Waals surface area contributed by atoms with Crippen molar-refractivity contribution in [2.45, 2.75) is 20.3 Å². The van der Waals surface area contributed by atoms with E-state index in [1.807, 2.05) is 55.1 Å².